The zero-order valence-corrected chi connectivity index (χ0v) is 11.1. The largest absolute Gasteiger partial charge is 0.494 e. The van der Waals surface area contributed by atoms with Crippen LogP contribution in [0.15, 0.2) is 24.3 Å². The Morgan fingerprint density at radius 2 is 2.06 bits per heavy atom. The third-order valence-electron chi connectivity index (χ3n) is 2.22. The molecule has 0 amide bonds. The predicted octanol–water partition coefficient (Wildman–Crippen LogP) is 2.69. The molecule has 4 heteroatoms. The Balaban J connectivity index is 2.28. The number of nitrogens with one attached hydrogen (secondary N) is 1. The van der Waals surface area contributed by atoms with E-state index in [1.165, 1.54) is 5.75 Å². The number of benzene rings is 1. The van der Waals surface area contributed by atoms with Gasteiger partial charge in [0.1, 0.15) is 5.75 Å². The van der Waals surface area contributed by atoms with E-state index in [9.17, 15) is 0 Å². The molecule has 3 N–H and O–H groups in total. The standard InChI is InChI=1S/C13H20N2OS/c1-2-17-9-3-8-16-12-6-4-11(5-7-12)10-13(14)15/h4-7H,2-3,8-10H2,1H3,(H3,14,15). The van der Waals surface area contributed by atoms with Crippen LogP contribution in [0.2, 0.25) is 0 Å². The first-order chi connectivity index (χ1) is 8.22. The normalized spacial score (nSPS) is 10.2. The molecule has 0 aliphatic heterocycles. The van der Waals surface area contributed by atoms with Crippen LogP contribution in [-0.4, -0.2) is 23.9 Å². The van der Waals surface area contributed by atoms with Crippen LogP contribution in [0.5, 0.6) is 5.75 Å². The number of hydrogen-bond donors (Lipinski definition) is 2. The maximum absolute atomic E-state index is 7.20. The van der Waals surface area contributed by atoms with Crippen molar-refractivity contribution in [3.8, 4) is 5.75 Å². The average Bonchev–Trinajstić information content (AvgIpc) is 2.30. The van der Waals surface area contributed by atoms with Crippen molar-refractivity contribution in [1.82, 2.24) is 0 Å². The third-order valence-corrected chi connectivity index (χ3v) is 3.21. The van der Waals surface area contributed by atoms with Crippen LogP contribution < -0.4 is 10.5 Å². The molecule has 0 unspecified atom stereocenters. The number of thioether (sulfide) groups is 1. The first kappa shape index (κ1) is 13.9. The zero-order chi connectivity index (χ0) is 12.5. The van der Waals surface area contributed by atoms with E-state index in [2.05, 4.69) is 6.92 Å². The Hall–Kier alpha value is -1.16. The van der Waals surface area contributed by atoms with E-state index in [1.807, 2.05) is 36.0 Å². The molecule has 1 aromatic rings. The van der Waals surface area contributed by atoms with Crippen LogP contribution >= 0.6 is 11.8 Å². The van der Waals surface area contributed by atoms with Gasteiger partial charge in [-0.15, -0.1) is 0 Å². The van der Waals surface area contributed by atoms with Crippen molar-refractivity contribution in [2.45, 2.75) is 19.8 Å². The summed E-state index contributed by atoms with van der Waals surface area (Å²) >= 11 is 1.94. The molecule has 1 aromatic carbocycles. The molecule has 3 nitrogen and oxygen atoms in total. The molecule has 0 heterocycles. The quantitative estimate of drug-likeness (QED) is 0.425. The lowest BCUT2D eigenvalue weighted by Gasteiger charge is -2.06. The summed E-state index contributed by atoms with van der Waals surface area (Å²) in [4.78, 5) is 0. The first-order valence-corrected chi connectivity index (χ1v) is 7.00. The van der Waals surface area contributed by atoms with Gasteiger partial charge in [0.05, 0.1) is 12.4 Å². The van der Waals surface area contributed by atoms with Gasteiger partial charge in [-0.05, 0) is 35.6 Å². The van der Waals surface area contributed by atoms with Gasteiger partial charge >= 0.3 is 0 Å². The molecule has 0 radical (unpaired) electrons. The maximum atomic E-state index is 7.20. The summed E-state index contributed by atoms with van der Waals surface area (Å²) in [5, 5.41) is 7.20. The van der Waals surface area contributed by atoms with Crippen molar-refractivity contribution >= 4 is 17.6 Å². The Kier molecular flexibility index (Phi) is 6.55. The lowest BCUT2D eigenvalue weighted by atomic mass is 10.1. The van der Waals surface area contributed by atoms with E-state index in [1.54, 1.807) is 0 Å². The third kappa shape index (κ3) is 6.22. The highest BCUT2D eigenvalue weighted by molar-refractivity contribution is 7.99. The molecule has 94 valence electrons. The van der Waals surface area contributed by atoms with Crippen molar-refractivity contribution in [1.29, 1.82) is 5.41 Å². The van der Waals surface area contributed by atoms with Gasteiger partial charge in [-0.2, -0.15) is 11.8 Å². The molecule has 0 aliphatic carbocycles. The molecule has 0 aromatic heterocycles. The van der Waals surface area contributed by atoms with Crippen molar-refractivity contribution in [2.24, 2.45) is 5.73 Å². The minimum atomic E-state index is 0.190. The highest BCUT2D eigenvalue weighted by Crippen LogP contribution is 2.13. The minimum Gasteiger partial charge on any atom is -0.494 e. The smallest absolute Gasteiger partial charge is 0.119 e. The fraction of sp³-hybridized carbons (Fsp3) is 0.462. The molecule has 0 atom stereocenters. The van der Waals surface area contributed by atoms with Gasteiger partial charge in [0.25, 0.3) is 0 Å². The van der Waals surface area contributed by atoms with E-state index in [0.717, 1.165) is 30.1 Å². The van der Waals surface area contributed by atoms with E-state index in [0.29, 0.717) is 6.42 Å². The Bertz CT molecular complexity index is 338. The van der Waals surface area contributed by atoms with Gasteiger partial charge < -0.3 is 10.5 Å². The second-order valence-corrected chi connectivity index (χ2v) is 5.14. The Morgan fingerprint density at radius 3 is 2.65 bits per heavy atom. The molecule has 0 saturated heterocycles. The van der Waals surface area contributed by atoms with Gasteiger partial charge in [-0.1, -0.05) is 19.1 Å². The number of hydrogen-bond acceptors (Lipinski definition) is 3. The zero-order valence-electron chi connectivity index (χ0n) is 10.2. The van der Waals surface area contributed by atoms with E-state index in [-0.39, 0.29) is 5.84 Å². The summed E-state index contributed by atoms with van der Waals surface area (Å²) in [6, 6.07) is 7.78. The SMILES string of the molecule is CCSCCCOc1ccc(CC(=N)N)cc1. The van der Waals surface area contributed by atoms with Crippen LogP contribution in [0.3, 0.4) is 0 Å². The Labute approximate surface area is 107 Å². The van der Waals surface area contributed by atoms with Crippen LogP contribution in [0, 0.1) is 5.41 Å². The molecule has 17 heavy (non-hydrogen) atoms. The topological polar surface area (TPSA) is 59.1 Å². The second-order valence-electron chi connectivity index (χ2n) is 3.74. The van der Waals surface area contributed by atoms with E-state index in [4.69, 9.17) is 15.9 Å². The number of nitrogens with two attached hydrogens (primary N) is 1. The van der Waals surface area contributed by atoms with Crippen molar-refractivity contribution in [3.05, 3.63) is 29.8 Å². The number of ether oxygens (including phenoxy) is 1. The summed E-state index contributed by atoms with van der Waals surface area (Å²) in [6.45, 7) is 2.93. The lowest BCUT2D eigenvalue weighted by molar-refractivity contribution is 0.318. The molecule has 0 fully saturated rings. The van der Waals surface area contributed by atoms with E-state index < -0.39 is 0 Å². The van der Waals surface area contributed by atoms with Gasteiger partial charge in [-0.25, -0.2) is 0 Å². The summed E-state index contributed by atoms with van der Waals surface area (Å²) in [7, 11) is 0. The van der Waals surface area contributed by atoms with E-state index >= 15 is 0 Å². The molecule has 0 aliphatic rings. The average molecular weight is 252 g/mol. The van der Waals surface area contributed by atoms with Crippen molar-refractivity contribution in [2.75, 3.05) is 18.1 Å². The predicted molar refractivity (Wildman–Crippen MR) is 75.2 cm³/mol. The van der Waals surface area contributed by atoms with Crippen LogP contribution in [0.25, 0.3) is 0 Å². The lowest BCUT2D eigenvalue weighted by Crippen LogP contribution is -2.12. The molecule has 0 bridgehead atoms. The van der Waals surface area contributed by atoms with Gasteiger partial charge in [0.15, 0.2) is 0 Å². The highest BCUT2D eigenvalue weighted by atomic mass is 32.2. The summed E-state index contributed by atoms with van der Waals surface area (Å²) in [5.74, 6) is 3.40. The fourth-order valence-corrected chi connectivity index (χ4v) is 2.03. The summed E-state index contributed by atoms with van der Waals surface area (Å²) < 4.78 is 5.61. The summed E-state index contributed by atoms with van der Waals surface area (Å²) in [6.07, 6.45) is 1.58. The number of rotatable bonds is 8. The van der Waals surface area contributed by atoms with Gasteiger partial charge in [0, 0.05) is 6.42 Å². The molecular formula is C13H20N2OS. The minimum absolute atomic E-state index is 0.190. The molecule has 0 saturated carbocycles. The van der Waals surface area contributed by atoms with Crippen LogP contribution in [-0.2, 0) is 6.42 Å². The second kappa shape index (κ2) is 8.01. The first-order valence-electron chi connectivity index (χ1n) is 5.84. The number of amidine groups is 1. The fourth-order valence-electron chi connectivity index (χ4n) is 1.42. The van der Waals surface area contributed by atoms with Crippen LogP contribution in [0.4, 0.5) is 0 Å². The van der Waals surface area contributed by atoms with Crippen LogP contribution in [0.1, 0.15) is 18.9 Å². The molecule has 1 rings (SSSR count). The van der Waals surface area contributed by atoms with Crippen molar-refractivity contribution < 1.29 is 4.74 Å². The van der Waals surface area contributed by atoms with Crippen molar-refractivity contribution in [3.63, 3.8) is 0 Å². The van der Waals surface area contributed by atoms with Gasteiger partial charge in [-0.3, -0.25) is 5.41 Å². The highest BCUT2D eigenvalue weighted by Gasteiger charge is 1.97. The summed E-state index contributed by atoms with van der Waals surface area (Å²) in [5.41, 5.74) is 6.39. The maximum Gasteiger partial charge on any atom is 0.119 e. The molecular weight excluding hydrogens is 232 g/mol. The molecule has 0 spiro atoms. The van der Waals surface area contributed by atoms with Gasteiger partial charge in [0.2, 0.25) is 0 Å². The monoisotopic (exact) mass is 252 g/mol. The Morgan fingerprint density at radius 1 is 1.35 bits per heavy atom.